The van der Waals surface area contributed by atoms with Gasteiger partial charge in [0.1, 0.15) is 17.2 Å². The Hall–Kier alpha value is -5.35. The van der Waals surface area contributed by atoms with E-state index in [1.54, 1.807) is 43.0 Å². The van der Waals surface area contributed by atoms with Crippen LogP contribution in [-0.2, 0) is 13.1 Å². The van der Waals surface area contributed by atoms with Crippen LogP contribution < -0.4 is 5.32 Å². The van der Waals surface area contributed by atoms with E-state index in [2.05, 4.69) is 52.6 Å². The smallest absolute Gasteiger partial charge is 0.178 e. The molecule has 0 fully saturated rings. The Bertz CT molecular complexity index is 2020. The average Bonchev–Trinajstić information content (AvgIpc) is 3.63. The van der Waals surface area contributed by atoms with Gasteiger partial charge in [-0.15, -0.1) is 0 Å². The molecule has 7 rings (SSSR count). The van der Waals surface area contributed by atoms with Crippen molar-refractivity contribution in [1.29, 1.82) is 0 Å². The molecule has 2 aromatic carbocycles. The number of hydrogen-bond acceptors (Lipinski definition) is 6. The van der Waals surface area contributed by atoms with Crippen molar-refractivity contribution >= 4 is 22.1 Å². The van der Waals surface area contributed by atoms with Crippen molar-refractivity contribution in [2.75, 3.05) is 0 Å². The van der Waals surface area contributed by atoms with Gasteiger partial charge in [0.15, 0.2) is 17.3 Å². The van der Waals surface area contributed by atoms with Crippen LogP contribution in [0.2, 0.25) is 0 Å². The first kappa shape index (κ1) is 24.7. The van der Waals surface area contributed by atoms with E-state index in [-0.39, 0.29) is 22.6 Å². The predicted octanol–water partition coefficient (Wildman–Crippen LogP) is 6.19. The van der Waals surface area contributed by atoms with Crippen molar-refractivity contribution in [2.24, 2.45) is 0 Å². The lowest BCUT2D eigenvalue weighted by Crippen LogP contribution is -2.12. The Labute approximate surface area is 232 Å². The number of aromatic nitrogens is 7. The van der Waals surface area contributed by atoms with Crippen LogP contribution in [0.3, 0.4) is 0 Å². The van der Waals surface area contributed by atoms with E-state index in [9.17, 15) is 4.39 Å². The summed E-state index contributed by atoms with van der Waals surface area (Å²) in [6.45, 7) is 1.27. The lowest BCUT2D eigenvalue weighted by atomic mass is 10.1. The minimum Gasteiger partial charge on any atom is -0.335 e. The minimum atomic E-state index is -0.541. The van der Waals surface area contributed by atoms with Crippen LogP contribution in [0.15, 0.2) is 91.5 Å². The van der Waals surface area contributed by atoms with Gasteiger partial charge < -0.3 is 10.3 Å². The Morgan fingerprint density at radius 1 is 0.780 bits per heavy atom. The topological polar surface area (TPSA) is 108 Å². The van der Waals surface area contributed by atoms with Crippen molar-refractivity contribution in [3.05, 3.63) is 114 Å². The second-order valence-corrected chi connectivity index (χ2v) is 9.61. The van der Waals surface area contributed by atoms with Crippen molar-refractivity contribution in [3.8, 4) is 33.9 Å². The van der Waals surface area contributed by atoms with Crippen LogP contribution in [0.4, 0.5) is 8.78 Å². The fourth-order valence-corrected chi connectivity index (χ4v) is 4.93. The van der Waals surface area contributed by atoms with Gasteiger partial charge in [0.25, 0.3) is 0 Å². The standard InChI is InChI=1S/C31H22F2N8/c32-22-8-4-7-20(12-22)23-9-10-36-30-28(23)38-31(39-30)29-25-24(40-41-29)17-37-27(26(25)33)21-11-19(15-35-16-21)14-34-13-18-5-2-1-3-6-18/h1-12,15-17,34H,13-14H2,(H,40,41)(H,36,38,39). The Morgan fingerprint density at radius 2 is 1.66 bits per heavy atom. The number of aromatic amines is 2. The number of H-pyrrole nitrogens is 2. The van der Waals surface area contributed by atoms with Gasteiger partial charge >= 0.3 is 0 Å². The number of nitrogens with zero attached hydrogens (tertiary/aromatic N) is 5. The Morgan fingerprint density at radius 3 is 2.54 bits per heavy atom. The number of hydrogen-bond donors (Lipinski definition) is 3. The molecule has 200 valence electrons. The highest BCUT2D eigenvalue weighted by Gasteiger charge is 2.21. The number of rotatable bonds is 7. The fourth-order valence-electron chi connectivity index (χ4n) is 4.93. The van der Waals surface area contributed by atoms with Gasteiger partial charge in [0.05, 0.1) is 22.6 Å². The van der Waals surface area contributed by atoms with Crippen LogP contribution in [0, 0.1) is 11.6 Å². The van der Waals surface area contributed by atoms with Gasteiger partial charge in [-0.1, -0.05) is 42.5 Å². The van der Waals surface area contributed by atoms with E-state index < -0.39 is 5.82 Å². The number of fused-ring (bicyclic) bond motifs is 2. The highest BCUT2D eigenvalue weighted by molar-refractivity contribution is 5.97. The van der Waals surface area contributed by atoms with Gasteiger partial charge in [-0.05, 0) is 41.0 Å². The third kappa shape index (κ3) is 4.70. The molecule has 0 atom stereocenters. The molecule has 0 bridgehead atoms. The maximum atomic E-state index is 16.1. The zero-order chi connectivity index (χ0) is 27.8. The molecular formula is C31H22F2N8. The molecular weight excluding hydrogens is 522 g/mol. The van der Waals surface area contributed by atoms with Gasteiger partial charge in [-0.3, -0.25) is 15.1 Å². The summed E-state index contributed by atoms with van der Waals surface area (Å²) in [6, 6.07) is 20.0. The van der Waals surface area contributed by atoms with Gasteiger partial charge in [0, 0.05) is 42.8 Å². The maximum Gasteiger partial charge on any atom is 0.178 e. The molecule has 0 amide bonds. The van der Waals surface area contributed by atoms with Crippen LogP contribution in [-0.4, -0.2) is 35.1 Å². The molecule has 0 unspecified atom stereocenters. The normalized spacial score (nSPS) is 11.5. The van der Waals surface area contributed by atoms with Gasteiger partial charge in [0.2, 0.25) is 0 Å². The fraction of sp³-hybridized carbons (Fsp3) is 0.0645. The lowest BCUT2D eigenvalue weighted by Gasteiger charge is -2.08. The molecule has 8 nitrogen and oxygen atoms in total. The zero-order valence-corrected chi connectivity index (χ0v) is 21.6. The first-order valence-corrected chi connectivity index (χ1v) is 13.0. The predicted molar refractivity (Wildman–Crippen MR) is 152 cm³/mol. The summed E-state index contributed by atoms with van der Waals surface area (Å²) in [7, 11) is 0. The SMILES string of the molecule is Fc1cccc(-c2ccnc3nc(-c4n[nH]c5cnc(-c6cncc(CNCc7ccccc7)c6)c(F)c45)[nH]c23)c1. The first-order chi connectivity index (χ1) is 20.1. The zero-order valence-electron chi connectivity index (χ0n) is 21.6. The van der Waals surface area contributed by atoms with Crippen LogP contribution in [0.1, 0.15) is 11.1 Å². The molecule has 5 heterocycles. The summed E-state index contributed by atoms with van der Waals surface area (Å²) in [5.41, 5.74) is 5.90. The Kier molecular flexibility index (Phi) is 6.21. The molecule has 0 aliphatic heterocycles. The first-order valence-electron chi connectivity index (χ1n) is 13.0. The number of nitrogens with one attached hydrogen (secondary N) is 3. The molecule has 41 heavy (non-hydrogen) atoms. The molecule has 5 aromatic heterocycles. The number of benzene rings is 2. The minimum absolute atomic E-state index is 0.159. The monoisotopic (exact) mass is 544 g/mol. The Balaban J connectivity index is 1.24. The molecule has 0 aliphatic carbocycles. The highest BCUT2D eigenvalue weighted by Crippen LogP contribution is 2.34. The van der Waals surface area contributed by atoms with E-state index >= 15 is 4.39 Å². The molecule has 0 radical (unpaired) electrons. The third-order valence-corrected chi connectivity index (χ3v) is 6.87. The third-order valence-electron chi connectivity index (χ3n) is 6.87. The van der Waals surface area contributed by atoms with E-state index in [1.165, 1.54) is 17.7 Å². The molecule has 10 heteroatoms. The largest absolute Gasteiger partial charge is 0.335 e. The highest BCUT2D eigenvalue weighted by atomic mass is 19.1. The summed E-state index contributed by atoms with van der Waals surface area (Å²) in [6.07, 6.45) is 6.49. The van der Waals surface area contributed by atoms with Gasteiger partial charge in [-0.2, -0.15) is 5.10 Å². The van der Waals surface area contributed by atoms with Crippen molar-refractivity contribution in [3.63, 3.8) is 0 Å². The van der Waals surface area contributed by atoms with Crippen molar-refractivity contribution in [1.82, 2.24) is 40.4 Å². The molecule has 3 N–H and O–H groups in total. The quantitative estimate of drug-likeness (QED) is 0.221. The van der Waals surface area contributed by atoms with Crippen molar-refractivity contribution < 1.29 is 8.78 Å². The van der Waals surface area contributed by atoms with E-state index in [4.69, 9.17) is 0 Å². The second-order valence-electron chi connectivity index (χ2n) is 9.61. The van der Waals surface area contributed by atoms with Crippen LogP contribution in [0.5, 0.6) is 0 Å². The summed E-state index contributed by atoms with van der Waals surface area (Å²) in [5.74, 6) is -0.560. The summed E-state index contributed by atoms with van der Waals surface area (Å²) < 4.78 is 30.0. The molecule has 0 saturated heterocycles. The summed E-state index contributed by atoms with van der Waals surface area (Å²) in [4.78, 5) is 20.8. The van der Waals surface area contributed by atoms with Crippen molar-refractivity contribution in [2.45, 2.75) is 13.1 Å². The number of imidazole rings is 1. The van der Waals surface area contributed by atoms with Crippen LogP contribution >= 0.6 is 0 Å². The maximum absolute atomic E-state index is 16.1. The average molecular weight is 545 g/mol. The molecule has 0 saturated carbocycles. The molecule has 0 spiro atoms. The van der Waals surface area contributed by atoms with E-state index in [0.29, 0.717) is 46.7 Å². The lowest BCUT2D eigenvalue weighted by molar-refractivity contribution is 0.628. The number of pyridine rings is 3. The molecule has 0 aliphatic rings. The van der Waals surface area contributed by atoms with Gasteiger partial charge in [-0.25, -0.2) is 18.7 Å². The van der Waals surface area contributed by atoms with Crippen LogP contribution in [0.25, 0.3) is 56.0 Å². The number of halogens is 2. The summed E-state index contributed by atoms with van der Waals surface area (Å²) in [5, 5.41) is 10.8. The second kappa shape index (κ2) is 10.3. The summed E-state index contributed by atoms with van der Waals surface area (Å²) >= 11 is 0. The van der Waals surface area contributed by atoms with E-state index in [1.807, 2.05) is 24.3 Å². The van der Waals surface area contributed by atoms with E-state index in [0.717, 1.165) is 11.1 Å². The molecule has 7 aromatic rings.